The van der Waals surface area contributed by atoms with E-state index >= 15 is 0 Å². The van der Waals surface area contributed by atoms with Crippen molar-refractivity contribution in [2.24, 2.45) is 47.3 Å². The zero-order valence-corrected chi connectivity index (χ0v) is 9.42. The van der Waals surface area contributed by atoms with Gasteiger partial charge in [-0.3, -0.25) is 0 Å². The largest absolute Gasteiger partial charge is 0.477 e. The maximum atomic E-state index is 14.3. The average molecular weight is 254 g/mol. The molecule has 18 heavy (non-hydrogen) atoms. The molecule has 0 aromatic carbocycles. The summed E-state index contributed by atoms with van der Waals surface area (Å²) in [6, 6.07) is 0. The van der Waals surface area contributed by atoms with Gasteiger partial charge in [0, 0.05) is 11.8 Å². The molecule has 5 saturated carbocycles. The van der Waals surface area contributed by atoms with Gasteiger partial charge in [0.1, 0.15) is 0 Å². The summed E-state index contributed by atoms with van der Waals surface area (Å²) >= 11 is 0. The average Bonchev–Trinajstić information content (AvgIpc) is 2.86. The Bertz CT molecular complexity index is 524. The Balaban J connectivity index is 1.65. The van der Waals surface area contributed by atoms with Gasteiger partial charge in [-0.15, -0.1) is 0 Å². The summed E-state index contributed by atoms with van der Waals surface area (Å²) in [5, 5.41) is 8.95. The van der Waals surface area contributed by atoms with Crippen molar-refractivity contribution in [2.45, 2.75) is 24.0 Å². The number of hydrogen-bond acceptors (Lipinski definition) is 2. The molecule has 0 unspecified atom stereocenters. The number of hydrogen-bond donors (Lipinski definition) is 1. The second-order valence-electron chi connectivity index (χ2n) is 7.18. The first-order chi connectivity index (χ1) is 8.52. The lowest BCUT2D eigenvalue weighted by atomic mass is 9.56. The van der Waals surface area contributed by atoms with E-state index in [1.165, 1.54) is 0 Å². The molecule has 7 aliphatic rings. The molecule has 1 N–H and O–H groups in total. The first-order valence-corrected chi connectivity index (χ1v) is 6.81. The zero-order chi connectivity index (χ0) is 12.2. The van der Waals surface area contributed by atoms with E-state index < -0.39 is 17.5 Å². The Morgan fingerprint density at radius 2 is 1.94 bits per heavy atom. The van der Waals surface area contributed by atoms with Crippen LogP contribution in [-0.4, -0.2) is 28.7 Å². The van der Waals surface area contributed by atoms with Crippen molar-refractivity contribution in [2.75, 3.05) is 0 Å². The van der Waals surface area contributed by atoms with Crippen LogP contribution in [0.15, 0.2) is 0 Å². The number of aliphatic carboxylic acids is 1. The molecule has 0 radical (unpaired) electrons. The molecule has 2 aliphatic heterocycles. The first-order valence-electron chi connectivity index (χ1n) is 6.81. The summed E-state index contributed by atoms with van der Waals surface area (Å²) in [7, 11) is 0. The summed E-state index contributed by atoms with van der Waals surface area (Å²) in [5.74, 6) is -3.63. The van der Waals surface area contributed by atoms with Gasteiger partial charge in [0.25, 0.3) is 0 Å². The molecule has 96 valence electrons. The van der Waals surface area contributed by atoms with Gasteiger partial charge in [-0.05, 0) is 41.9 Å². The highest BCUT2D eigenvalue weighted by Crippen LogP contribution is 2.91. The van der Waals surface area contributed by atoms with Crippen molar-refractivity contribution in [1.29, 1.82) is 0 Å². The van der Waals surface area contributed by atoms with Crippen LogP contribution in [0.5, 0.6) is 0 Å². The summed E-state index contributed by atoms with van der Waals surface area (Å²) < 4.78 is 34.4. The number of rotatable bonds is 2. The molecule has 4 bridgehead atoms. The standard InChI is InChI=1S/C13H12F2O3/c14-13(15,11(16)17)12-8-3-1-2-4-5(3)9(12)7(4)10(18-12)6(2)8/h2-10H,1H2,(H,16,17)/t2-,3-,4+,5+,6+,7+,8+,9-,10-,12-/m0/s1. The van der Waals surface area contributed by atoms with Crippen molar-refractivity contribution in [1.82, 2.24) is 0 Å². The van der Waals surface area contributed by atoms with Crippen LogP contribution in [0.2, 0.25) is 0 Å². The lowest BCUT2D eigenvalue weighted by Gasteiger charge is -2.46. The van der Waals surface area contributed by atoms with Gasteiger partial charge in [-0.2, -0.15) is 8.78 Å². The van der Waals surface area contributed by atoms with Crippen LogP contribution in [0.4, 0.5) is 8.78 Å². The molecule has 3 nitrogen and oxygen atoms in total. The monoisotopic (exact) mass is 254 g/mol. The Morgan fingerprint density at radius 1 is 1.17 bits per heavy atom. The minimum absolute atomic E-state index is 0.0380. The Morgan fingerprint density at radius 3 is 2.67 bits per heavy atom. The Hall–Kier alpha value is -0.710. The van der Waals surface area contributed by atoms with E-state index in [1.54, 1.807) is 0 Å². The van der Waals surface area contributed by atoms with Crippen molar-refractivity contribution >= 4 is 5.97 Å². The molecular formula is C13H12F2O3. The fourth-order valence-corrected chi connectivity index (χ4v) is 7.67. The van der Waals surface area contributed by atoms with E-state index in [0.29, 0.717) is 23.7 Å². The second kappa shape index (κ2) is 2.03. The van der Waals surface area contributed by atoms with Gasteiger partial charge in [0.2, 0.25) is 0 Å². The smallest absolute Gasteiger partial charge is 0.377 e. The van der Waals surface area contributed by atoms with Crippen LogP contribution in [0.3, 0.4) is 0 Å². The molecule has 5 aliphatic carbocycles. The van der Waals surface area contributed by atoms with Crippen LogP contribution < -0.4 is 0 Å². The van der Waals surface area contributed by atoms with E-state index in [9.17, 15) is 13.6 Å². The Kier molecular flexibility index (Phi) is 1.04. The van der Waals surface area contributed by atoms with Crippen molar-refractivity contribution in [3.63, 3.8) is 0 Å². The number of carbonyl (C=O) groups is 1. The van der Waals surface area contributed by atoms with Gasteiger partial charge >= 0.3 is 11.9 Å². The van der Waals surface area contributed by atoms with Crippen LogP contribution in [0, 0.1) is 47.3 Å². The lowest BCUT2D eigenvalue weighted by molar-refractivity contribution is -0.222. The van der Waals surface area contributed by atoms with E-state index in [4.69, 9.17) is 9.84 Å². The number of carboxylic acids is 1. The van der Waals surface area contributed by atoms with Gasteiger partial charge in [0.05, 0.1) is 6.10 Å². The quantitative estimate of drug-likeness (QED) is 0.806. The fraction of sp³-hybridized carbons (Fsp3) is 0.923. The Labute approximate surface area is 101 Å². The zero-order valence-electron chi connectivity index (χ0n) is 9.42. The molecular weight excluding hydrogens is 242 g/mol. The maximum Gasteiger partial charge on any atom is 0.377 e. The fourth-order valence-electron chi connectivity index (χ4n) is 7.67. The summed E-state index contributed by atoms with van der Waals surface area (Å²) in [5.41, 5.74) is -1.63. The summed E-state index contributed by atoms with van der Waals surface area (Å²) in [6.45, 7) is 0. The van der Waals surface area contributed by atoms with Crippen molar-refractivity contribution < 1.29 is 23.4 Å². The van der Waals surface area contributed by atoms with Gasteiger partial charge in [-0.1, -0.05) is 0 Å². The molecule has 5 heteroatoms. The third-order valence-corrected chi connectivity index (χ3v) is 7.46. The number of halogens is 2. The molecule has 0 aromatic rings. The SMILES string of the molecule is O=C(O)C(F)(F)[C@@]12O[C@@H]3[C@@H]4[C@@H]5[C@@H]6C[C@@H]([C@H]5[C@@H]41)[C@@H]2[C@@H]63. The molecule has 0 aromatic heterocycles. The highest BCUT2D eigenvalue weighted by Gasteiger charge is 2.97. The van der Waals surface area contributed by atoms with Crippen LogP contribution in [0.1, 0.15) is 6.42 Å². The highest BCUT2D eigenvalue weighted by molar-refractivity contribution is 5.78. The van der Waals surface area contributed by atoms with E-state index in [-0.39, 0.29) is 29.8 Å². The molecule has 2 saturated heterocycles. The maximum absolute atomic E-state index is 14.3. The minimum Gasteiger partial charge on any atom is -0.477 e. The van der Waals surface area contributed by atoms with Gasteiger partial charge in [-0.25, -0.2) is 4.79 Å². The van der Waals surface area contributed by atoms with E-state index in [1.807, 2.05) is 0 Å². The van der Waals surface area contributed by atoms with E-state index in [2.05, 4.69) is 0 Å². The van der Waals surface area contributed by atoms with Crippen LogP contribution >= 0.6 is 0 Å². The summed E-state index contributed by atoms with van der Waals surface area (Å²) in [4.78, 5) is 11.0. The van der Waals surface area contributed by atoms with Gasteiger partial charge in [0.15, 0.2) is 5.60 Å². The molecule has 7 rings (SSSR count). The van der Waals surface area contributed by atoms with Gasteiger partial charge < -0.3 is 9.84 Å². The molecule has 7 fully saturated rings. The number of alkyl halides is 2. The van der Waals surface area contributed by atoms with Crippen molar-refractivity contribution in [3.8, 4) is 0 Å². The molecule has 2 heterocycles. The third kappa shape index (κ3) is 0.497. The number of ether oxygens (including phenoxy) is 1. The first kappa shape index (κ1) is 9.23. The highest BCUT2D eigenvalue weighted by atomic mass is 19.3. The minimum atomic E-state index is -3.71. The normalized spacial score (nSPS) is 71.6. The summed E-state index contributed by atoms with van der Waals surface area (Å²) in [6.07, 6.45) is 1.03. The van der Waals surface area contributed by atoms with E-state index in [0.717, 1.165) is 6.42 Å². The molecule has 10 atom stereocenters. The number of carboxylic acid groups (broad SMARTS) is 1. The second-order valence-corrected chi connectivity index (χ2v) is 7.18. The van der Waals surface area contributed by atoms with Crippen molar-refractivity contribution in [3.05, 3.63) is 0 Å². The lowest BCUT2D eigenvalue weighted by Crippen LogP contribution is -2.61. The molecule has 0 amide bonds. The van der Waals surface area contributed by atoms with Crippen LogP contribution in [-0.2, 0) is 9.53 Å². The molecule has 0 spiro atoms. The topological polar surface area (TPSA) is 46.5 Å². The van der Waals surface area contributed by atoms with Crippen LogP contribution in [0.25, 0.3) is 0 Å². The predicted molar refractivity (Wildman–Crippen MR) is 52.7 cm³/mol. The predicted octanol–water partition coefficient (Wildman–Crippen LogP) is 1.23. The third-order valence-electron chi connectivity index (χ3n) is 7.46.